The second-order valence-corrected chi connectivity index (χ2v) is 8.88. The van der Waals surface area contributed by atoms with Gasteiger partial charge in [0, 0.05) is 33.6 Å². The van der Waals surface area contributed by atoms with Gasteiger partial charge in [0.2, 0.25) is 0 Å². The van der Waals surface area contributed by atoms with Crippen molar-refractivity contribution >= 4 is 17.1 Å². The van der Waals surface area contributed by atoms with E-state index in [1.54, 1.807) is 17.4 Å². The number of carbonyl (C=O) groups excluding carboxylic acids is 1. The molecule has 6 nitrogen and oxygen atoms in total. The number of carbonyl (C=O) groups is 1. The van der Waals surface area contributed by atoms with E-state index < -0.39 is 0 Å². The van der Waals surface area contributed by atoms with Gasteiger partial charge in [0.15, 0.2) is 5.78 Å². The van der Waals surface area contributed by atoms with Gasteiger partial charge >= 0.3 is 0 Å². The normalized spacial score (nSPS) is 11.0. The average Bonchev–Trinajstić information content (AvgIpc) is 3.33. The minimum absolute atomic E-state index is 0.107. The summed E-state index contributed by atoms with van der Waals surface area (Å²) in [6.45, 7) is 8.35. The van der Waals surface area contributed by atoms with Crippen molar-refractivity contribution in [3.8, 4) is 22.0 Å². The summed E-state index contributed by atoms with van der Waals surface area (Å²) >= 11 is 1.60. The SMILES string of the molecule is CCOc1ccc(-n2c(C)cc(C(=O)Cn3nc(-c4ccc(C)s4)ccc3=O)c2C)cc1. The molecule has 1 aromatic carbocycles. The van der Waals surface area contributed by atoms with Gasteiger partial charge in [0.1, 0.15) is 18.0 Å². The Balaban J connectivity index is 1.62. The van der Waals surface area contributed by atoms with Crippen molar-refractivity contribution < 1.29 is 9.53 Å². The highest BCUT2D eigenvalue weighted by Gasteiger charge is 2.18. The van der Waals surface area contributed by atoms with E-state index in [9.17, 15) is 9.59 Å². The molecule has 0 N–H and O–H groups in total. The highest BCUT2D eigenvalue weighted by Crippen LogP contribution is 2.26. The molecule has 3 heterocycles. The number of ether oxygens (including phenoxy) is 1. The van der Waals surface area contributed by atoms with Crippen LogP contribution in [0.2, 0.25) is 0 Å². The van der Waals surface area contributed by atoms with Gasteiger partial charge in [-0.1, -0.05) is 0 Å². The maximum atomic E-state index is 13.1. The van der Waals surface area contributed by atoms with Crippen LogP contribution >= 0.6 is 11.3 Å². The van der Waals surface area contributed by atoms with Crippen LogP contribution in [0.4, 0.5) is 0 Å². The Kier molecular flexibility index (Phi) is 6.10. The maximum absolute atomic E-state index is 13.1. The van der Waals surface area contributed by atoms with Crippen LogP contribution in [-0.2, 0) is 6.54 Å². The van der Waals surface area contributed by atoms with Crippen LogP contribution < -0.4 is 10.3 Å². The molecule has 0 spiro atoms. The zero-order chi connectivity index (χ0) is 22.8. The van der Waals surface area contributed by atoms with Crippen molar-refractivity contribution in [2.45, 2.75) is 34.2 Å². The fraction of sp³-hybridized carbons (Fsp3) is 0.240. The van der Waals surface area contributed by atoms with Crippen LogP contribution in [0.3, 0.4) is 0 Å². The van der Waals surface area contributed by atoms with Crippen LogP contribution in [0, 0.1) is 20.8 Å². The van der Waals surface area contributed by atoms with Gasteiger partial charge in [-0.2, -0.15) is 5.10 Å². The number of nitrogens with zero attached hydrogens (tertiary/aromatic N) is 3. The van der Waals surface area contributed by atoms with Gasteiger partial charge in [0.05, 0.1) is 11.5 Å². The Hall–Kier alpha value is -3.45. The highest BCUT2D eigenvalue weighted by molar-refractivity contribution is 7.15. The van der Waals surface area contributed by atoms with E-state index >= 15 is 0 Å². The molecule has 0 unspecified atom stereocenters. The van der Waals surface area contributed by atoms with E-state index in [2.05, 4.69) is 5.10 Å². The van der Waals surface area contributed by atoms with Gasteiger partial charge in [-0.15, -0.1) is 11.3 Å². The molecular formula is C25H25N3O3S. The summed E-state index contributed by atoms with van der Waals surface area (Å²) in [4.78, 5) is 27.7. The molecule has 7 heteroatoms. The minimum atomic E-state index is -0.296. The molecule has 0 amide bonds. The average molecular weight is 448 g/mol. The molecule has 0 saturated carbocycles. The number of Topliss-reactive ketones (excluding diaryl/α,β-unsaturated/α-hetero) is 1. The topological polar surface area (TPSA) is 66.1 Å². The zero-order valence-electron chi connectivity index (χ0n) is 18.6. The standard InChI is InChI=1S/C25H25N3O3S/c1-5-31-20-9-7-19(8-10-20)28-16(2)14-21(18(28)4)23(29)15-27-25(30)13-11-22(26-27)24-12-6-17(3)32-24/h6-14H,5,15H2,1-4H3. The van der Waals surface area contributed by atoms with Gasteiger partial charge in [-0.3, -0.25) is 9.59 Å². The molecule has 0 radical (unpaired) electrons. The van der Waals surface area contributed by atoms with E-state index in [1.165, 1.54) is 10.7 Å². The number of hydrogen-bond donors (Lipinski definition) is 0. The third-order valence-corrected chi connectivity index (χ3v) is 6.31. The Morgan fingerprint density at radius 3 is 2.44 bits per heavy atom. The first kappa shape index (κ1) is 21.8. The van der Waals surface area contributed by atoms with Crippen molar-refractivity contribution in [1.29, 1.82) is 0 Å². The fourth-order valence-electron chi connectivity index (χ4n) is 3.79. The van der Waals surface area contributed by atoms with Crippen molar-refractivity contribution in [3.05, 3.63) is 86.8 Å². The van der Waals surface area contributed by atoms with Gasteiger partial charge in [0.25, 0.3) is 5.56 Å². The van der Waals surface area contributed by atoms with Crippen molar-refractivity contribution in [1.82, 2.24) is 14.3 Å². The molecular weight excluding hydrogens is 422 g/mol. The quantitative estimate of drug-likeness (QED) is 0.375. The van der Waals surface area contributed by atoms with Crippen LogP contribution in [0.5, 0.6) is 5.75 Å². The van der Waals surface area contributed by atoms with E-state index in [0.717, 1.165) is 32.6 Å². The summed E-state index contributed by atoms with van der Waals surface area (Å²) < 4.78 is 8.80. The van der Waals surface area contributed by atoms with E-state index in [4.69, 9.17) is 4.74 Å². The number of ketones is 1. The van der Waals surface area contributed by atoms with Gasteiger partial charge in [-0.25, -0.2) is 4.68 Å². The Morgan fingerprint density at radius 2 is 1.78 bits per heavy atom. The largest absolute Gasteiger partial charge is 0.494 e. The van der Waals surface area contributed by atoms with Gasteiger partial charge in [-0.05, 0) is 76.2 Å². The van der Waals surface area contributed by atoms with E-state index in [1.807, 2.05) is 74.7 Å². The monoisotopic (exact) mass is 447 g/mol. The summed E-state index contributed by atoms with van der Waals surface area (Å²) in [5, 5.41) is 4.44. The molecule has 3 aromatic heterocycles. The molecule has 0 bridgehead atoms. The molecule has 0 saturated heterocycles. The smallest absolute Gasteiger partial charge is 0.267 e. The first-order valence-electron chi connectivity index (χ1n) is 10.5. The summed E-state index contributed by atoms with van der Waals surface area (Å²) in [5.41, 5.74) is 3.70. The lowest BCUT2D eigenvalue weighted by molar-refractivity contribution is 0.0965. The molecule has 0 fully saturated rings. The zero-order valence-corrected chi connectivity index (χ0v) is 19.4. The second-order valence-electron chi connectivity index (χ2n) is 7.60. The van der Waals surface area contributed by atoms with Crippen LogP contribution in [0.15, 0.2) is 59.4 Å². The molecule has 4 rings (SSSR count). The third kappa shape index (κ3) is 4.29. The number of rotatable bonds is 7. The predicted molar refractivity (Wildman–Crippen MR) is 127 cm³/mol. The van der Waals surface area contributed by atoms with Crippen molar-refractivity contribution in [3.63, 3.8) is 0 Å². The summed E-state index contributed by atoms with van der Waals surface area (Å²) in [6, 6.07) is 16.8. The summed E-state index contributed by atoms with van der Waals surface area (Å²) in [7, 11) is 0. The van der Waals surface area contributed by atoms with Crippen molar-refractivity contribution in [2.24, 2.45) is 0 Å². The lowest BCUT2D eigenvalue weighted by Gasteiger charge is -2.11. The molecule has 0 atom stereocenters. The second kappa shape index (κ2) is 8.96. The van der Waals surface area contributed by atoms with Crippen LogP contribution in [0.1, 0.15) is 33.5 Å². The highest BCUT2D eigenvalue weighted by atomic mass is 32.1. The molecule has 0 aliphatic heterocycles. The number of hydrogen-bond acceptors (Lipinski definition) is 5. The van der Waals surface area contributed by atoms with Crippen LogP contribution in [-0.4, -0.2) is 26.7 Å². The minimum Gasteiger partial charge on any atom is -0.494 e. The first-order chi connectivity index (χ1) is 15.4. The lowest BCUT2D eigenvalue weighted by Crippen LogP contribution is -2.26. The molecule has 4 aromatic rings. The maximum Gasteiger partial charge on any atom is 0.267 e. The third-order valence-electron chi connectivity index (χ3n) is 5.29. The van der Waals surface area contributed by atoms with Crippen molar-refractivity contribution in [2.75, 3.05) is 6.61 Å². The first-order valence-corrected chi connectivity index (χ1v) is 11.3. The van der Waals surface area contributed by atoms with E-state index in [0.29, 0.717) is 17.9 Å². The predicted octanol–water partition coefficient (Wildman–Crippen LogP) is 4.97. The number of aryl methyl sites for hydroxylation is 2. The van der Waals surface area contributed by atoms with E-state index in [-0.39, 0.29) is 17.9 Å². The number of aromatic nitrogens is 3. The molecule has 0 aliphatic rings. The summed E-state index contributed by atoms with van der Waals surface area (Å²) in [5.74, 6) is 0.658. The molecule has 32 heavy (non-hydrogen) atoms. The molecule has 0 aliphatic carbocycles. The number of benzene rings is 1. The Bertz CT molecular complexity index is 1330. The van der Waals surface area contributed by atoms with Crippen LogP contribution in [0.25, 0.3) is 16.3 Å². The van der Waals surface area contributed by atoms with Gasteiger partial charge < -0.3 is 9.30 Å². The fourth-order valence-corrected chi connectivity index (χ4v) is 4.62. The number of thiophene rings is 1. The Morgan fingerprint density at radius 1 is 1.03 bits per heavy atom. The molecule has 164 valence electrons. The Labute approximate surface area is 190 Å². The summed E-state index contributed by atoms with van der Waals surface area (Å²) in [6.07, 6.45) is 0. The lowest BCUT2D eigenvalue weighted by atomic mass is 10.1.